The van der Waals surface area contributed by atoms with Crippen molar-refractivity contribution in [1.82, 2.24) is 9.97 Å². The first kappa shape index (κ1) is 13.7. The van der Waals surface area contributed by atoms with Crippen LogP contribution < -0.4 is 10.6 Å². The van der Waals surface area contributed by atoms with Crippen LogP contribution in [0.25, 0.3) is 0 Å². The first-order valence-electron chi connectivity index (χ1n) is 7.85. The average Bonchev–Trinajstić information content (AvgIpc) is 3.20. The number of hydrogen-bond donors (Lipinski definition) is 1. The maximum Gasteiger partial charge on any atom is 0.137 e. The lowest BCUT2D eigenvalue weighted by molar-refractivity contribution is 0.325. The highest BCUT2D eigenvalue weighted by Crippen LogP contribution is 2.40. The molecule has 110 valence electrons. The molecule has 4 nitrogen and oxygen atoms in total. The largest absolute Gasteiger partial charge is 0.383 e. The third-order valence-corrected chi connectivity index (χ3v) is 4.76. The monoisotopic (exact) mass is 274 g/mol. The number of hydrogen-bond acceptors (Lipinski definition) is 4. The first-order valence-corrected chi connectivity index (χ1v) is 7.85. The lowest BCUT2D eigenvalue weighted by atomic mass is 9.85. The van der Waals surface area contributed by atoms with Crippen LogP contribution in [0.1, 0.15) is 63.3 Å². The average molecular weight is 274 g/mol. The molecule has 2 N–H and O–H groups in total. The van der Waals surface area contributed by atoms with Gasteiger partial charge in [-0.2, -0.15) is 0 Å². The van der Waals surface area contributed by atoms with Gasteiger partial charge in [0.1, 0.15) is 17.5 Å². The molecular weight excluding hydrogens is 248 g/mol. The predicted octanol–water partition coefficient (Wildman–Crippen LogP) is 3.26. The molecule has 1 aliphatic carbocycles. The second-order valence-electron chi connectivity index (χ2n) is 7.19. The molecule has 0 spiro atoms. The third kappa shape index (κ3) is 2.74. The summed E-state index contributed by atoms with van der Waals surface area (Å²) in [4.78, 5) is 11.7. The van der Waals surface area contributed by atoms with Gasteiger partial charge in [-0.25, -0.2) is 9.97 Å². The van der Waals surface area contributed by atoms with Crippen molar-refractivity contribution in [2.45, 2.75) is 58.8 Å². The van der Waals surface area contributed by atoms with E-state index >= 15 is 0 Å². The van der Waals surface area contributed by atoms with Gasteiger partial charge in [0.15, 0.2) is 0 Å². The molecule has 0 atom stereocenters. The number of nitrogens with two attached hydrogens (primary N) is 1. The third-order valence-electron chi connectivity index (χ3n) is 4.76. The maximum atomic E-state index is 6.11. The quantitative estimate of drug-likeness (QED) is 0.899. The minimum atomic E-state index is 0.445. The van der Waals surface area contributed by atoms with E-state index in [4.69, 9.17) is 10.7 Å². The fraction of sp³-hybridized carbons (Fsp3) is 0.750. The fourth-order valence-electron chi connectivity index (χ4n) is 3.01. The Labute approximate surface area is 121 Å². The molecule has 1 aliphatic heterocycles. The number of nitrogen functional groups attached to an aromatic ring is 1. The topological polar surface area (TPSA) is 55.0 Å². The molecule has 0 aromatic carbocycles. The highest BCUT2D eigenvalue weighted by Gasteiger charge is 2.30. The smallest absolute Gasteiger partial charge is 0.137 e. The van der Waals surface area contributed by atoms with Gasteiger partial charge in [-0.3, -0.25) is 0 Å². The van der Waals surface area contributed by atoms with Gasteiger partial charge < -0.3 is 10.6 Å². The molecule has 1 saturated heterocycles. The van der Waals surface area contributed by atoms with Gasteiger partial charge in [0.05, 0.1) is 0 Å². The Hall–Kier alpha value is -1.32. The highest BCUT2D eigenvalue weighted by atomic mass is 15.2. The van der Waals surface area contributed by atoms with Gasteiger partial charge in [-0.15, -0.1) is 0 Å². The zero-order chi connectivity index (χ0) is 14.3. The normalized spacial score (nSPS) is 22.6. The molecule has 0 unspecified atom stereocenters. The Morgan fingerprint density at radius 3 is 2.60 bits per heavy atom. The van der Waals surface area contributed by atoms with E-state index in [9.17, 15) is 0 Å². The van der Waals surface area contributed by atoms with E-state index in [1.165, 1.54) is 32.1 Å². The van der Waals surface area contributed by atoms with E-state index < -0.39 is 0 Å². The van der Waals surface area contributed by atoms with Crippen molar-refractivity contribution in [2.24, 2.45) is 5.41 Å². The maximum absolute atomic E-state index is 6.11. The Morgan fingerprint density at radius 2 is 1.90 bits per heavy atom. The summed E-state index contributed by atoms with van der Waals surface area (Å²) in [5, 5.41) is 0. The second-order valence-corrected chi connectivity index (χ2v) is 7.19. The van der Waals surface area contributed by atoms with E-state index in [0.29, 0.717) is 17.2 Å². The lowest BCUT2D eigenvalue weighted by Crippen LogP contribution is -2.27. The van der Waals surface area contributed by atoms with E-state index in [0.717, 1.165) is 30.3 Å². The fourth-order valence-corrected chi connectivity index (χ4v) is 3.01. The predicted molar refractivity (Wildman–Crippen MR) is 83.0 cm³/mol. The Kier molecular flexibility index (Phi) is 3.35. The molecule has 2 heterocycles. The standard InChI is InChI=1S/C16H26N4/c1-11-13(17)18-14(12-5-6-12)19-15(11)20-9-4-7-16(2,3)8-10-20/h12H,4-10H2,1-3H3,(H2,17,18,19). The molecular formula is C16H26N4. The van der Waals surface area contributed by atoms with Gasteiger partial charge in [-0.1, -0.05) is 13.8 Å². The van der Waals surface area contributed by atoms with Crippen molar-refractivity contribution < 1.29 is 0 Å². The van der Waals surface area contributed by atoms with Crippen molar-refractivity contribution in [1.29, 1.82) is 0 Å². The van der Waals surface area contributed by atoms with E-state index in [1.54, 1.807) is 0 Å². The van der Waals surface area contributed by atoms with Crippen molar-refractivity contribution in [2.75, 3.05) is 23.7 Å². The van der Waals surface area contributed by atoms with Crippen LogP contribution in [0.3, 0.4) is 0 Å². The van der Waals surface area contributed by atoms with E-state index in [2.05, 4.69) is 30.7 Å². The minimum Gasteiger partial charge on any atom is -0.383 e. The van der Waals surface area contributed by atoms with Gasteiger partial charge >= 0.3 is 0 Å². The van der Waals surface area contributed by atoms with Gasteiger partial charge in [-0.05, 0) is 44.4 Å². The molecule has 1 saturated carbocycles. The van der Waals surface area contributed by atoms with Crippen molar-refractivity contribution >= 4 is 11.6 Å². The van der Waals surface area contributed by atoms with Crippen LogP contribution in [-0.2, 0) is 0 Å². The van der Waals surface area contributed by atoms with Crippen LogP contribution in [0, 0.1) is 12.3 Å². The van der Waals surface area contributed by atoms with Crippen LogP contribution >= 0.6 is 0 Å². The molecule has 2 aliphatic rings. The molecule has 4 heteroatoms. The van der Waals surface area contributed by atoms with Gasteiger partial charge in [0, 0.05) is 24.6 Å². The molecule has 20 heavy (non-hydrogen) atoms. The first-order chi connectivity index (χ1) is 9.46. The Balaban J connectivity index is 1.88. The summed E-state index contributed by atoms with van der Waals surface area (Å²) in [6, 6.07) is 0. The zero-order valence-corrected chi connectivity index (χ0v) is 12.9. The van der Waals surface area contributed by atoms with E-state index in [-0.39, 0.29) is 0 Å². The van der Waals surface area contributed by atoms with Crippen LogP contribution in [0.4, 0.5) is 11.6 Å². The summed E-state index contributed by atoms with van der Waals surface area (Å²) in [7, 11) is 0. The zero-order valence-electron chi connectivity index (χ0n) is 12.9. The van der Waals surface area contributed by atoms with Gasteiger partial charge in [0.2, 0.25) is 0 Å². The summed E-state index contributed by atoms with van der Waals surface area (Å²) < 4.78 is 0. The summed E-state index contributed by atoms with van der Waals surface area (Å²) in [6.07, 6.45) is 6.17. The van der Waals surface area contributed by atoms with Crippen molar-refractivity contribution in [3.05, 3.63) is 11.4 Å². The van der Waals surface area contributed by atoms with Crippen LogP contribution in [0.15, 0.2) is 0 Å². The summed E-state index contributed by atoms with van der Waals surface area (Å²) in [6.45, 7) is 8.96. The molecule has 0 amide bonds. The van der Waals surface area contributed by atoms with Crippen molar-refractivity contribution in [3.8, 4) is 0 Å². The lowest BCUT2D eigenvalue weighted by Gasteiger charge is -2.26. The number of rotatable bonds is 2. The number of nitrogens with zero attached hydrogens (tertiary/aromatic N) is 3. The SMILES string of the molecule is Cc1c(N)nc(C2CC2)nc1N1CCCC(C)(C)CC1. The molecule has 2 fully saturated rings. The summed E-state index contributed by atoms with van der Waals surface area (Å²) in [5.74, 6) is 3.27. The van der Waals surface area contributed by atoms with Crippen LogP contribution in [-0.4, -0.2) is 23.1 Å². The Bertz CT molecular complexity index is 505. The van der Waals surface area contributed by atoms with Gasteiger partial charge in [0.25, 0.3) is 0 Å². The summed E-state index contributed by atoms with van der Waals surface area (Å²) >= 11 is 0. The molecule has 0 radical (unpaired) electrons. The van der Waals surface area contributed by atoms with Crippen LogP contribution in [0.5, 0.6) is 0 Å². The highest BCUT2D eigenvalue weighted by molar-refractivity contribution is 5.57. The summed E-state index contributed by atoms with van der Waals surface area (Å²) in [5.41, 5.74) is 7.60. The Morgan fingerprint density at radius 1 is 1.15 bits per heavy atom. The second kappa shape index (κ2) is 4.90. The van der Waals surface area contributed by atoms with E-state index in [1.807, 2.05) is 0 Å². The number of anilines is 2. The number of aromatic nitrogens is 2. The molecule has 1 aromatic rings. The van der Waals surface area contributed by atoms with Crippen molar-refractivity contribution in [3.63, 3.8) is 0 Å². The molecule has 1 aromatic heterocycles. The van der Waals surface area contributed by atoms with Crippen LogP contribution in [0.2, 0.25) is 0 Å². The molecule has 3 rings (SSSR count). The molecule has 0 bridgehead atoms. The minimum absolute atomic E-state index is 0.445.